The Morgan fingerprint density at radius 3 is 2.50 bits per heavy atom. The highest BCUT2D eigenvalue weighted by atomic mass is 14.9. The third-order valence-electron chi connectivity index (χ3n) is 3.37. The van der Waals surface area contributed by atoms with E-state index in [1.165, 1.54) is 0 Å². The molecule has 3 nitrogen and oxygen atoms in total. The first-order chi connectivity index (χ1) is 9.78. The Balaban J connectivity index is 2.05. The summed E-state index contributed by atoms with van der Waals surface area (Å²) in [6.07, 6.45) is 0. The number of aryl methyl sites for hydroxylation is 1. The molecular weight excluding hydrogens is 246 g/mol. The van der Waals surface area contributed by atoms with Gasteiger partial charge in [-0.1, -0.05) is 48.5 Å². The summed E-state index contributed by atoms with van der Waals surface area (Å²) in [6, 6.07) is 18.4. The van der Waals surface area contributed by atoms with Crippen LogP contribution in [0.15, 0.2) is 54.6 Å². The number of aromatic amines is 1. The molecule has 3 N–H and O–H groups in total. The Bertz CT molecular complexity index is 714. The number of nitrogens with zero attached hydrogens (tertiary/aromatic N) is 1. The van der Waals surface area contributed by atoms with Crippen molar-refractivity contribution in [3.05, 3.63) is 65.9 Å². The molecule has 1 aromatic heterocycles. The quantitative estimate of drug-likeness (QED) is 0.759. The van der Waals surface area contributed by atoms with Gasteiger partial charge in [0.1, 0.15) is 5.82 Å². The number of benzene rings is 2. The van der Waals surface area contributed by atoms with Gasteiger partial charge in [0.2, 0.25) is 0 Å². The number of nitrogens with two attached hydrogens (primary N) is 1. The maximum atomic E-state index is 5.70. The van der Waals surface area contributed by atoms with Gasteiger partial charge >= 0.3 is 0 Å². The molecule has 0 bridgehead atoms. The van der Waals surface area contributed by atoms with Gasteiger partial charge in [0.15, 0.2) is 0 Å². The van der Waals surface area contributed by atoms with Gasteiger partial charge in [-0.3, -0.25) is 0 Å². The van der Waals surface area contributed by atoms with E-state index in [4.69, 9.17) is 10.7 Å². The summed E-state index contributed by atoms with van der Waals surface area (Å²) in [5, 5.41) is 0. The zero-order chi connectivity index (χ0) is 13.9. The van der Waals surface area contributed by atoms with E-state index in [2.05, 4.69) is 29.2 Å². The van der Waals surface area contributed by atoms with Crippen LogP contribution in [0.5, 0.6) is 0 Å². The molecule has 0 aliphatic carbocycles. The summed E-state index contributed by atoms with van der Waals surface area (Å²) < 4.78 is 0. The van der Waals surface area contributed by atoms with Crippen molar-refractivity contribution in [1.29, 1.82) is 0 Å². The molecule has 0 amide bonds. The zero-order valence-electron chi connectivity index (χ0n) is 11.4. The van der Waals surface area contributed by atoms with Crippen molar-refractivity contribution >= 4 is 0 Å². The number of H-pyrrole nitrogens is 1. The molecule has 20 heavy (non-hydrogen) atoms. The summed E-state index contributed by atoms with van der Waals surface area (Å²) in [7, 11) is 0. The van der Waals surface area contributed by atoms with Gasteiger partial charge in [0.05, 0.1) is 5.69 Å². The average Bonchev–Trinajstić information content (AvgIpc) is 2.90. The molecular formula is C17H17N3. The fraction of sp³-hybridized carbons (Fsp3) is 0.118. The van der Waals surface area contributed by atoms with Crippen LogP contribution in [0.3, 0.4) is 0 Å². The number of aromatic nitrogens is 2. The summed E-state index contributed by atoms with van der Waals surface area (Å²) in [5.41, 5.74) is 11.1. The molecule has 0 saturated carbocycles. The van der Waals surface area contributed by atoms with E-state index in [0.29, 0.717) is 6.54 Å². The molecule has 0 spiro atoms. The second-order valence-corrected chi connectivity index (χ2v) is 4.83. The fourth-order valence-corrected chi connectivity index (χ4v) is 2.32. The summed E-state index contributed by atoms with van der Waals surface area (Å²) >= 11 is 0. The fourth-order valence-electron chi connectivity index (χ4n) is 2.32. The minimum absolute atomic E-state index is 0.544. The Morgan fingerprint density at radius 2 is 1.75 bits per heavy atom. The highest BCUT2D eigenvalue weighted by molar-refractivity contribution is 5.67. The van der Waals surface area contributed by atoms with Gasteiger partial charge < -0.3 is 10.7 Å². The predicted octanol–water partition coefficient (Wildman–Crippen LogP) is 3.51. The van der Waals surface area contributed by atoms with E-state index in [9.17, 15) is 0 Å². The van der Waals surface area contributed by atoms with Crippen LogP contribution >= 0.6 is 0 Å². The lowest BCUT2D eigenvalue weighted by molar-refractivity contribution is 1.07. The third-order valence-corrected chi connectivity index (χ3v) is 3.37. The van der Waals surface area contributed by atoms with Crippen LogP contribution in [0.4, 0.5) is 0 Å². The van der Waals surface area contributed by atoms with Gasteiger partial charge in [0.25, 0.3) is 0 Å². The van der Waals surface area contributed by atoms with E-state index >= 15 is 0 Å². The Kier molecular flexibility index (Phi) is 3.35. The lowest BCUT2D eigenvalue weighted by Gasteiger charge is -2.01. The summed E-state index contributed by atoms with van der Waals surface area (Å²) in [6.45, 7) is 2.59. The van der Waals surface area contributed by atoms with Crippen molar-refractivity contribution < 1.29 is 0 Å². The van der Waals surface area contributed by atoms with Gasteiger partial charge in [-0.2, -0.15) is 0 Å². The monoisotopic (exact) mass is 263 g/mol. The van der Waals surface area contributed by atoms with Crippen molar-refractivity contribution in [3.63, 3.8) is 0 Å². The normalized spacial score (nSPS) is 10.7. The molecule has 0 unspecified atom stereocenters. The summed E-state index contributed by atoms with van der Waals surface area (Å²) in [4.78, 5) is 8.08. The average molecular weight is 263 g/mol. The van der Waals surface area contributed by atoms with E-state index < -0.39 is 0 Å². The smallest absolute Gasteiger partial charge is 0.138 e. The number of nitrogens with one attached hydrogen (secondary N) is 1. The standard InChI is InChI=1S/C17H17N3/c1-12-16(15-9-5-6-13(10-15)11-18)20-17(19-12)14-7-3-2-4-8-14/h2-10H,11,18H2,1H3,(H,19,20). The second-order valence-electron chi connectivity index (χ2n) is 4.83. The zero-order valence-corrected chi connectivity index (χ0v) is 11.4. The molecule has 3 heteroatoms. The molecule has 0 aliphatic rings. The first-order valence-corrected chi connectivity index (χ1v) is 6.69. The summed E-state index contributed by atoms with van der Waals surface area (Å²) in [5.74, 6) is 0.899. The van der Waals surface area contributed by atoms with E-state index in [1.54, 1.807) is 0 Å². The van der Waals surface area contributed by atoms with Crippen LogP contribution in [-0.4, -0.2) is 9.97 Å². The molecule has 0 atom stereocenters. The lowest BCUT2D eigenvalue weighted by Crippen LogP contribution is -1.96. The molecule has 0 fully saturated rings. The first-order valence-electron chi connectivity index (χ1n) is 6.69. The Labute approximate surface area is 118 Å². The van der Waals surface area contributed by atoms with Crippen molar-refractivity contribution in [2.45, 2.75) is 13.5 Å². The van der Waals surface area contributed by atoms with Gasteiger partial charge in [-0.25, -0.2) is 4.98 Å². The Hall–Kier alpha value is -2.39. The number of hydrogen-bond donors (Lipinski definition) is 2. The van der Waals surface area contributed by atoms with Gasteiger partial charge in [-0.05, 0) is 18.6 Å². The lowest BCUT2D eigenvalue weighted by atomic mass is 10.1. The molecule has 100 valence electrons. The molecule has 1 heterocycles. The van der Waals surface area contributed by atoms with Crippen LogP contribution < -0.4 is 5.73 Å². The molecule has 3 rings (SSSR count). The highest BCUT2D eigenvalue weighted by Gasteiger charge is 2.10. The Morgan fingerprint density at radius 1 is 1.00 bits per heavy atom. The molecule has 0 radical (unpaired) electrons. The van der Waals surface area contributed by atoms with Crippen LogP contribution in [0.2, 0.25) is 0 Å². The van der Waals surface area contributed by atoms with Crippen molar-refractivity contribution in [2.75, 3.05) is 0 Å². The van der Waals surface area contributed by atoms with Crippen molar-refractivity contribution in [3.8, 4) is 22.6 Å². The minimum atomic E-state index is 0.544. The van der Waals surface area contributed by atoms with E-state index in [1.807, 2.05) is 37.3 Å². The number of hydrogen-bond acceptors (Lipinski definition) is 2. The van der Waals surface area contributed by atoms with Crippen LogP contribution in [0.25, 0.3) is 22.6 Å². The van der Waals surface area contributed by atoms with Gasteiger partial charge in [-0.15, -0.1) is 0 Å². The molecule has 3 aromatic rings. The van der Waals surface area contributed by atoms with Gasteiger partial charge in [0, 0.05) is 23.4 Å². The largest absolute Gasteiger partial charge is 0.342 e. The second kappa shape index (κ2) is 5.31. The first kappa shape index (κ1) is 12.6. The van der Waals surface area contributed by atoms with Crippen molar-refractivity contribution in [1.82, 2.24) is 9.97 Å². The maximum absolute atomic E-state index is 5.70. The molecule has 0 saturated heterocycles. The maximum Gasteiger partial charge on any atom is 0.138 e. The van der Waals surface area contributed by atoms with Crippen LogP contribution in [0, 0.1) is 6.92 Å². The topological polar surface area (TPSA) is 54.7 Å². The van der Waals surface area contributed by atoms with E-state index in [0.717, 1.165) is 33.9 Å². The minimum Gasteiger partial charge on any atom is -0.342 e. The predicted molar refractivity (Wildman–Crippen MR) is 82.1 cm³/mol. The van der Waals surface area contributed by atoms with Crippen LogP contribution in [0.1, 0.15) is 11.3 Å². The van der Waals surface area contributed by atoms with Crippen molar-refractivity contribution in [2.24, 2.45) is 5.73 Å². The van der Waals surface area contributed by atoms with Crippen LogP contribution in [-0.2, 0) is 6.54 Å². The SMILES string of the molecule is Cc1[nH]c(-c2ccccc2)nc1-c1cccc(CN)c1. The molecule has 0 aliphatic heterocycles. The van der Waals surface area contributed by atoms with E-state index in [-0.39, 0.29) is 0 Å². The molecule has 2 aromatic carbocycles. The number of imidazole rings is 1. The third kappa shape index (κ3) is 2.36. The highest BCUT2D eigenvalue weighted by Crippen LogP contribution is 2.26. The number of rotatable bonds is 3.